The highest BCUT2D eigenvalue weighted by molar-refractivity contribution is 7.89. The molecule has 1 atom stereocenters. The van der Waals surface area contributed by atoms with Gasteiger partial charge in [-0.25, -0.2) is 17.9 Å². The van der Waals surface area contributed by atoms with E-state index < -0.39 is 22.1 Å². The Labute approximate surface area is 140 Å². The molecule has 0 aromatic heterocycles. The van der Waals surface area contributed by atoms with Gasteiger partial charge in [-0.1, -0.05) is 36.4 Å². The number of benzene rings is 2. The summed E-state index contributed by atoms with van der Waals surface area (Å²) in [5.41, 5.74) is 0.489. The molecule has 0 spiro atoms. The Balaban J connectivity index is 2.15. The summed E-state index contributed by atoms with van der Waals surface area (Å²) in [6.45, 7) is 1.47. The first-order valence-corrected chi connectivity index (χ1v) is 8.67. The van der Waals surface area contributed by atoms with E-state index in [0.717, 1.165) is 0 Å². The fourth-order valence-corrected chi connectivity index (χ4v) is 2.80. The Hall–Kier alpha value is -2.51. The lowest BCUT2D eigenvalue weighted by Gasteiger charge is -2.13. The van der Waals surface area contributed by atoms with Crippen LogP contribution in [0.1, 0.15) is 27.6 Å². The van der Waals surface area contributed by atoms with Gasteiger partial charge in [-0.3, -0.25) is 4.79 Å². The number of Topliss-reactive ketones (excluding diaryl/α,β-unsaturated/α-hetero) is 1. The van der Waals surface area contributed by atoms with Gasteiger partial charge in [0.1, 0.15) is 0 Å². The van der Waals surface area contributed by atoms with Gasteiger partial charge in [0, 0.05) is 5.56 Å². The van der Waals surface area contributed by atoms with E-state index in [0.29, 0.717) is 5.56 Å². The van der Waals surface area contributed by atoms with Gasteiger partial charge < -0.3 is 4.74 Å². The Morgan fingerprint density at radius 2 is 1.62 bits per heavy atom. The quantitative estimate of drug-likeness (QED) is 0.638. The molecule has 6 nitrogen and oxygen atoms in total. The molecule has 2 aromatic rings. The van der Waals surface area contributed by atoms with Crippen LogP contribution in [-0.4, -0.2) is 33.3 Å². The van der Waals surface area contributed by atoms with Gasteiger partial charge in [0.05, 0.1) is 10.5 Å². The molecule has 0 aliphatic heterocycles. The molecular formula is C17H17NO5S. The number of ketones is 1. The molecule has 1 N–H and O–H groups in total. The molecule has 0 aliphatic rings. The average Bonchev–Trinajstić information content (AvgIpc) is 2.61. The molecule has 0 saturated carbocycles. The summed E-state index contributed by atoms with van der Waals surface area (Å²) in [6.07, 6.45) is -0.982. The lowest BCUT2D eigenvalue weighted by Crippen LogP contribution is -2.24. The number of sulfonamides is 1. The van der Waals surface area contributed by atoms with E-state index in [2.05, 4.69) is 4.72 Å². The number of esters is 1. The zero-order valence-electron chi connectivity index (χ0n) is 13.2. The average molecular weight is 347 g/mol. The van der Waals surface area contributed by atoms with Crippen LogP contribution >= 0.6 is 0 Å². The van der Waals surface area contributed by atoms with E-state index >= 15 is 0 Å². The van der Waals surface area contributed by atoms with Crippen LogP contribution in [0, 0.1) is 0 Å². The topological polar surface area (TPSA) is 89.5 Å². The molecule has 2 rings (SSSR count). The van der Waals surface area contributed by atoms with Crippen LogP contribution in [0.4, 0.5) is 0 Å². The second kappa shape index (κ2) is 7.37. The first-order valence-electron chi connectivity index (χ1n) is 7.19. The van der Waals surface area contributed by atoms with Crippen molar-refractivity contribution in [3.05, 3.63) is 65.7 Å². The number of hydrogen-bond donors (Lipinski definition) is 1. The van der Waals surface area contributed by atoms with E-state index in [1.807, 2.05) is 0 Å². The minimum absolute atomic E-state index is 0.0542. The SMILES string of the molecule is CNS(=O)(=O)c1cccc(C(=O)OC(C)C(=O)c2ccccc2)c1. The Bertz CT molecular complexity index is 846. The van der Waals surface area contributed by atoms with Crippen LogP contribution in [0.2, 0.25) is 0 Å². The van der Waals surface area contributed by atoms with Crippen molar-refractivity contribution < 1.29 is 22.7 Å². The number of carbonyl (C=O) groups is 2. The predicted molar refractivity (Wildman–Crippen MR) is 88.3 cm³/mol. The highest BCUT2D eigenvalue weighted by atomic mass is 32.2. The van der Waals surface area contributed by atoms with Crippen molar-refractivity contribution in [1.29, 1.82) is 0 Å². The smallest absolute Gasteiger partial charge is 0.338 e. The second-order valence-corrected chi connectivity index (χ2v) is 6.90. The Morgan fingerprint density at radius 3 is 2.25 bits per heavy atom. The monoisotopic (exact) mass is 347 g/mol. The molecule has 1 unspecified atom stereocenters. The minimum atomic E-state index is -3.67. The van der Waals surface area contributed by atoms with Gasteiger partial charge >= 0.3 is 5.97 Å². The summed E-state index contributed by atoms with van der Waals surface area (Å²) in [6, 6.07) is 13.9. The van der Waals surface area contributed by atoms with Crippen LogP contribution in [0.3, 0.4) is 0 Å². The van der Waals surface area contributed by atoms with Crippen molar-refractivity contribution in [3.8, 4) is 0 Å². The van der Waals surface area contributed by atoms with Crippen LogP contribution in [0.25, 0.3) is 0 Å². The van der Waals surface area contributed by atoms with Gasteiger partial charge in [0.2, 0.25) is 15.8 Å². The van der Waals surface area contributed by atoms with Gasteiger partial charge in [-0.05, 0) is 32.2 Å². The lowest BCUT2D eigenvalue weighted by atomic mass is 10.1. The van der Waals surface area contributed by atoms with E-state index in [4.69, 9.17) is 4.74 Å². The highest BCUT2D eigenvalue weighted by Gasteiger charge is 2.21. The summed E-state index contributed by atoms with van der Waals surface area (Å²) in [4.78, 5) is 24.3. The number of nitrogens with one attached hydrogen (secondary N) is 1. The van der Waals surface area contributed by atoms with Gasteiger partial charge in [-0.2, -0.15) is 0 Å². The molecule has 2 aromatic carbocycles. The molecule has 0 amide bonds. The molecule has 0 aliphatic carbocycles. The zero-order chi connectivity index (χ0) is 17.7. The number of rotatable bonds is 6. The largest absolute Gasteiger partial charge is 0.451 e. The van der Waals surface area contributed by atoms with Gasteiger partial charge in [0.15, 0.2) is 6.10 Å². The van der Waals surface area contributed by atoms with Gasteiger partial charge in [-0.15, -0.1) is 0 Å². The first-order chi connectivity index (χ1) is 11.3. The lowest BCUT2D eigenvalue weighted by molar-refractivity contribution is 0.0318. The summed E-state index contributed by atoms with van der Waals surface area (Å²) in [5, 5.41) is 0. The van der Waals surface area contributed by atoms with E-state index in [9.17, 15) is 18.0 Å². The van der Waals surface area contributed by atoms with Crippen molar-refractivity contribution in [1.82, 2.24) is 4.72 Å². The van der Waals surface area contributed by atoms with Crippen molar-refractivity contribution in [2.75, 3.05) is 7.05 Å². The number of hydrogen-bond acceptors (Lipinski definition) is 5. The molecule has 0 radical (unpaired) electrons. The fraction of sp³-hybridized carbons (Fsp3) is 0.176. The van der Waals surface area contributed by atoms with Crippen LogP contribution < -0.4 is 4.72 Å². The molecule has 126 valence electrons. The molecule has 24 heavy (non-hydrogen) atoms. The molecule has 0 heterocycles. The fourth-order valence-electron chi connectivity index (χ4n) is 2.03. The molecular weight excluding hydrogens is 330 g/mol. The maximum absolute atomic E-state index is 12.2. The normalized spacial score (nSPS) is 12.4. The van der Waals surface area contributed by atoms with E-state index in [1.54, 1.807) is 30.3 Å². The third kappa shape index (κ3) is 4.06. The number of carbonyl (C=O) groups excluding carboxylic acids is 2. The van der Waals surface area contributed by atoms with Crippen LogP contribution in [0.15, 0.2) is 59.5 Å². The summed E-state index contributed by atoms with van der Waals surface area (Å²) >= 11 is 0. The van der Waals surface area contributed by atoms with Crippen molar-refractivity contribution in [3.63, 3.8) is 0 Å². The maximum Gasteiger partial charge on any atom is 0.338 e. The predicted octanol–water partition coefficient (Wildman–Crippen LogP) is 2.02. The van der Waals surface area contributed by atoms with Crippen LogP contribution in [0.5, 0.6) is 0 Å². The van der Waals surface area contributed by atoms with E-state index in [-0.39, 0.29) is 16.2 Å². The third-order valence-electron chi connectivity index (χ3n) is 3.36. The molecule has 7 heteroatoms. The summed E-state index contributed by atoms with van der Waals surface area (Å²) in [5.74, 6) is -1.09. The summed E-state index contributed by atoms with van der Waals surface area (Å²) < 4.78 is 30.9. The van der Waals surface area contributed by atoms with Crippen molar-refractivity contribution in [2.24, 2.45) is 0 Å². The zero-order valence-corrected chi connectivity index (χ0v) is 14.0. The van der Waals surface area contributed by atoms with Crippen molar-refractivity contribution in [2.45, 2.75) is 17.9 Å². The van der Waals surface area contributed by atoms with Gasteiger partial charge in [0.25, 0.3) is 0 Å². The maximum atomic E-state index is 12.2. The molecule has 0 bridgehead atoms. The number of ether oxygens (including phenoxy) is 1. The van der Waals surface area contributed by atoms with Crippen molar-refractivity contribution >= 4 is 21.8 Å². The molecule has 0 saturated heterocycles. The first kappa shape index (κ1) is 17.8. The molecule has 0 fully saturated rings. The Morgan fingerprint density at radius 1 is 1.00 bits per heavy atom. The standard InChI is InChI=1S/C17H17NO5S/c1-12(16(19)13-7-4-3-5-8-13)23-17(20)14-9-6-10-15(11-14)24(21,22)18-2/h3-12,18H,1-2H3. The summed E-state index contributed by atoms with van der Waals surface area (Å²) in [7, 11) is -2.39. The Kier molecular flexibility index (Phi) is 5.48. The minimum Gasteiger partial charge on any atom is -0.451 e. The highest BCUT2D eigenvalue weighted by Crippen LogP contribution is 2.14. The third-order valence-corrected chi connectivity index (χ3v) is 4.77. The second-order valence-electron chi connectivity index (χ2n) is 5.01. The van der Waals surface area contributed by atoms with E-state index in [1.165, 1.54) is 38.2 Å². The van der Waals surface area contributed by atoms with Crippen LogP contribution in [-0.2, 0) is 14.8 Å².